The summed E-state index contributed by atoms with van der Waals surface area (Å²) in [5, 5.41) is 1.44. The first kappa shape index (κ1) is 23.4. The number of esters is 2. The zero-order chi connectivity index (χ0) is 23.7. The van der Waals surface area contributed by atoms with E-state index in [1.807, 2.05) is 32.0 Å². The van der Waals surface area contributed by atoms with Gasteiger partial charge in [0.05, 0.1) is 50.8 Å². The number of ether oxygens (including phenoxy) is 2. The normalized spacial score (nSPS) is 15.5. The molecule has 4 rings (SSSR count). The van der Waals surface area contributed by atoms with E-state index in [0.717, 1.165) is 32.1 Å². The molecule has 1 aliphatic heterocycles. The largest absolute Gasteiger partial charge is 0.465 e. The summed E-state index contributed by atoms with van der Waals surface area (Å²) in [7, 11) is 2.78. The minimum atomic E-state index is -0.494. The number of quaternary nitrogens is 1. The van der Waals surface area contributed by atoms with Crippen LogP contribution in [0.3, 0.4) is 0 Å². The van der Waals surface area contributed by atoms with E-state index < -0.39 is 6.04 Å². The van der Waals surface area contributed by atoms with Gasteiger partial charge in [0.1, 0.15) is 21.3 Å². The summed E-state index contributed by atoms with van der Waals surface area (Å²) in [6.07, 6.45) is 0. The van der Waals surface area contributed by atoms with E-state index in [-0.39, 0.29) is 11.9 Å². The van der Waals surface area contributed by atoms with Crippen molar-refractivity contribution in [2.75, 3.05) is 45.3 Å². The monoisotopic (exact) mass is 489 g/mol. The third kappa shape index (κ3) is 4.40. The van der Waals surface area contributed by atoms with Gasteiger partial charge in [-0.2, -0.15) is 0 Å². The summed E-state index contributed by atoms with van der Waals surface area (Å²) in [6, 6.07) is 6.91. The Morgan fingerprint density at radius 3 is 2.45 bits per heavy atom. The molecule has 3 heterocycles. The summed E-state index contributed by atoms with van der Waals surface area (Å²) >= 11 is 7.75. The van der Waals surface area contributed by atoms with Gasteiger partial charge < -0.3 is 19.3 Å². The number of nitrogens with one attached hydrogen (secondary N) is 1. The molecule has 0 spiro atoms. The molecule has 1 N–H and O–H groups in total. The Morgan fingerprint density at radius 2 is 1.82 bits per heavy atom. The van der Waals surface area contributed by atoms with Gasteiger partial charge in [-0.1, -0.05) is 29.8 Å². The molecule has 3 aromatic rings. The molecule has 2 aromatic heterocycles. The van der Waals surface area contributed by atoms with Gasteiger partial charge in [0, 0.05) is 5.56 Å². The summed E-state index contributed by atoms with van der Waals surface area (Å²) in [6.45, 7) is 6.51. The van der Waals surface area contributed by atoms with Crippen molar-refractivity contribution in [3.63, 3.8) is 0 Å². The number of thiophene rings is 1. The average Bonchev–Trinajstić information content (AvgIpc) is 3.15. The second-order valence-electron chi connectivity index (χ2n) is 7.95. The molecule has 10 heteroatoms. The number of carbonyl (C=O) groups is 2. The van der Waals surface area contributed by atoms with E-state index in [1.165, 1.54) is 25.6 Å². The van der Waals surface area contributed by atoms with E-state index in [2.05, 4.69) is 9.88 Å². The predicted octanol–water partition coefficient (Wildman–Crippen LogP) is 2.37. The minimum Gasteiger partial charge on any atom is -0.465 e. The Hall–Kier alpha value is -2.75. The molecule has 1 fully saturated rings. The van der Waals surface area contributed by atoms with Crippen LogP contribution < -0.4 is 9.80 Å². The third-order valence-corrected chi connectivity index (χ3v) is 7.53. The van der Waals surface area contributed by atoms with Crippen molar-refractivity contribution in [2.45, 2.75) is 19.9 Å². The van der Waals surface area contributed by atoms with Crippen molar-refractivity contribution >= 4 is 50.9 Å². The molecule has 1 aromatic carbocycles. The fourth-order valence-corrected chi connectivity index (χ4v) is 5.76. The number of piperazine rings is 1. The molecule has 174 valence electrons. The Morgan fingerprint density at radius 1 is 1.12 bits per heavy atom. The minimum absolute atomic E-state index is 0.303. The Kier molecular flexibility index (Phi) is 6.83. The van der Waals surface area contributed by atoms with Gasteiger partial charge in [-0.3, -0.25) is 0 Å². The molecule has 0 saturated carbocycles. The average molecular weight is 490 g/mol. The number of halogens is 1. The van der Waals surface area contributed by atoms with Crippen LogP contribution in [0.1, 0.15) is 32.7 Å². The molecule has 33 heavy (non-hydrogen) atoms. The van der Waals surface area contributed by atoms with E-state index in [9.17, 15) is 9.59 Å². The highest BCUT2D eigenvalue weighted by Gasteiger charge is 2.37. The van der Waals surface area contributed by atoms with Gasteiger partial charge in [-0.05, 0) is 25.5 Å². The van der Waals surface area contributed by atoms with Crippen LogP contribution >= 0.6 is 22.9 Å². The fraction of sp³-hybridized carbons (Fsp3) is 0.391. The van der Waals surface area contributed by atoms with Gasteiger partial charge in [0.25, 0.3) is 0 Å². The Balaban J connectivity index is 1.63. The zero-order valence-corrected chi connectivity index (χ0v) is 20.5. The van der Waals surface area contributed by atoms with Crippen LogP contribution in [-0.2, 0) is 14.3 Å². The number of benzene rings is 1. The van der Waals surface area contributed by atoms with Gasteiger partial charge in [-0.25, -0.2) is 19.6 Å². The molecular formula is C23H26ClN4O4S+. The molecule has 0 bridgehead atoms. The zero-order valence-electron chi connectivity index (χ0n) is 19.0. The second kappa shape index (κ2) is 9.62. The number of nitrogens with zero attached hydrogens (tertiary/aromatic N) is 3. The van der Waals surface area contributed by atoms with Gasteiger partial charge in [0.15, 0.2) is 0 Å². The van der Waals surface area contributed by atoms with Crippen LogP contribution in [0.5, 0.6) is 0 Å². The number of hydrogen-bond acceptors (Lipinski definition) is 8. The SMILES string of the molecule is COC(=O)c1sc2nc(C)nc(N3CC[NH+](C(C(=O)OC)c4ccccc4Cl)CC3)c2c1C. The number of anilines is 1. The molecule has 1 saturated heterocycles. The van der Waals surface area contributed by atoms with Crippen LogP contribution in [0.25, 0.3) is 10.2 Å². The first-order valence-corrected chi connectivity index (χ1v) is 11.8. The number of hydrogen-bond donors (Lipinski definition) is 1. The quantitative estimate of drug-likeness (QED) is 0.550. The molecule has 0 radical (unpaired) electrons. The lowest BCUT2D eigenvalue weighted by Crippen LogP contribution is -3.16. The van der Waals surface area contributed by atoms with E-state index in [0.29, 0.717) is 41.9 Å². The topological polar surface area (TPSA) is 86.1 Å². The van der Waals surface area contributed by atoms with E-state index in [1.54, 1.807) is 6.07 Å². The summed E-state index contributed by atoms with van der Waals surface area (Å²) in [4.78, 5) is 38.8. The lowest BCUT2D eigenvalue weighted by molar-refractivity contribution is -0.923. The maximum Gasteiger partial charge on any atom is 0.369 e. The highest BCUT2D eigenvalue weighted by atomic mass is 35.5. The summed E-state index contributed by atoms with van der Waals surface area (Å²) in [5.41, 5.74) is 1.60. The number of methoxy groups -OCH3 is 2. The van der Waals surface area contributed by atoms with Crippen LogP contribution in [0.2, 0.25) is 5.02 Å². The van der Waals surface area contributed by atoms with Crippen molar-refractivity contribution < 1.29 is 24.0 Å². The first-order chi connectivity index (χ1) is 15.8. The molecular weight excluding hydrogens is 464 g/mol. The maximum atomic E-state index is 12.7. The Bertz CT molecular complexity index is 1210. The van der Waals surface area contributed by atoms with Crippen LogP contribution in [0.4, 0.5) is 5.82 Å². The van der Waals surface area contributed by atoms with Crippen molar-refractivity contribution in [3.05, 3.63) is 51.1 Å². The van der Waals surface area contributed by atoms with E-state index >= 15 is 0 Å². The second-order valence-corrected chi connectivity index (χ2v) is 9.35. The van der Waals surface area contributed by atoms with E-state index in [4.69, 9.17) is 26.1 Å². The van der Waals surface area contributed by atoms with Crippen LogP contribution in [0.15, 0.2) is 24.3 Å². The number of aryl methyl sites for hydroxylation is 2. The lowest BCUT2D eigenvalue weighted by atomic mass is 10.0. The molecule has 8 nitrogen and oxygen atoms in total. The predicted molar refractivity (Wildman–Crippen MR) is 127 cm³/mol. The highest BCUT2D eigenvalue weighted by Crippen LogP contribution is 2.36. The molecule has 1 aliphatic rings. The molecule has 1 atom stereocenters. The number of rotatable bonds is 5. The van der Waals surface area contributed by atoms with Crippen molar-refractivity contribution in [3.8, 4) is 0 Å². The van der Waals surface area contributed by atoms with Crippen molar-refractivity contribution in [2.24, 2.45) is 0 Å². The van der Waals surface area contributed by atoms with Crippen molar-refractivity contribution in [1.29, 1.82) is 0 Å². The Labute approximate surface area is 201 Å². The van der Waals surface area contributed by atoms with Gasteiger partial charge in [0.2, 0.25) is 6.04 Å². The standard InChI is InChI=1S/C23H25ClN4O4S/c1-13-17-20(25-14(2)26-21(17)33-19(13)23(30)32-4)28-11-9-27(10-12-28)18(22(29)31-3)15-7-5-6-8-16(15)24/h5-8,18H,9-12H2,1-4H3/p+1. The number of fused-ring (bicyclic) bond motifs is 1. The maximum absolute atomic E-state index is 12.7. The number of aromatic nitrogens is 2. The fourth-order valence-electron chi connectivity index (χ4n) is 4.37. The number of carbonyl (C=O) groups excluding carboxylic acids is 2. The summed E-state index contributed by atoms with van der Waals surface area (Å²) < 4.78 is 10.1. The van der Waals surface area contributed by atoms with Gasteiger partial charge >= 0.3 is 11.9 Å². The molecule has 1 unspecified atom stereocenters. The lowest BCUT2D eigenvalue weighted by Gasteiger charge is -2.36. The van der Waals surface area contributed by atoms with Crippen LogP contribution in [-0.4, -0.2) is 62.3 Å². The van der Waals surface area contributed by atoms with Crippen LogP contribution in [0, 0.1) is 13.8 Å². The third-order valence-electron chi connectivity index (χ3n) is 6.02. The smallest absolute Gasteiger partial charge is 0.369 e. The highest BCUT2D eigenvalue weighted by molar-refractivity contribution is 7.20. The van der Waals surface area contributed by atoms with Gasteiger partial charge in [-0.15, -0.1) is 11.3 Å². The first-order valence-electron chi connectivity index (χ1n) is 10.6. The van der Waals surface area contributed by atoms with Crippen molar-refractivity contribution in [1.82, 2.24) is 9.97 Å². The molecule has 0 amide bonds. The molecule has 0 aliphatic carbocycles. The summed E-state index contributed by atoms with van der Waals surface area (Å²) in [5.74, 6) is 0.790.